The third-order valence-corrected chi connectivity index (χ3v) is 6.16. The van der Waals surface area contributed by atoms with Crippen molar-refractivity contribution in [1.29, 1.82) is 0 Å². The van der Waals surface area contributed by atoms with Gasteiger partial charge in [-0.1, -0.05) is 19.9 Å². The van der Waals surface area contributed by atoms with Crippen molar-refractivity contribution in [2.24, 2.45) is 0 Å². The van der Waals surface area contributed by atoms with Crippen LogP contribution >= 0.6 is 0 Å². The highest BCUT2D eigenvalue weighted by atomic mass is 16.5. The number of carbonyl (C=O) groups excluding carboxylic acids is 3. The van der Waals surface area contributed by atoms with Crippen LogP contribution in [0.4, 0.5) is 5.69 Å². The zero-order valence-electron chi connectivity index (χ0n) is 20.6. The number of anilines is 1. The van der Waals surface area contributed by atoms with Crippen molar-refractivity contribution in [2.75, 3.05) is 38.1 Å². The summed E-state index contributed by atoms with van der Waals surface area (Å²) in [6, 6.07) is 5.71. The first kappa shape index (κ1) is 25.2. The molecule has 0 aliphatic carbocycles. The largest absolute Gasteiger partial charge is 0.466 e. The SMILES string of the molecule is CCN(CC)CCNC(=O)c1c(C)[nH]c(/C=C2\C(=O)Nc3ccc(CCOC(C)=O)cc32)c1C. The van der Waals surface area contributed by atoms with Gasteiger partial charge >= 0.3 is 5.97 Å². The van der Waals surface area contributed by atoms with Crippen LogP contribution in [0.25, 0.3) is 11.6 Å². The average Bonchev–Trinajstić information content (AvgIpc) is 3.25. The van der Waals surface area contributed by atoms with Crippen LogP contribution in [-0.2, 0) is 20.7 Å². The summed E-state index contributed by atoms with van der Waals surface area (Å²) in [5, 5.41) is 5.90. The first-order valence-corrected chi connectivity index (χ1v) is 11.7. The summed E-state index contributed by atoms with van der Waals surface area (Å²) in [5.74, 6) is -0.625. The second-order valence-corrected chi connectivity index (χ2v) is 8.43. The Kier molecular flexibility index (Phi) is 8.28. The van der Waals surface area contributed by atoms with Gasteiger partial charge in [0.2, 0.25) is 0 Å². The number of likely N-dealkylation sites (N-methyl/N-ethyl adjacent to an activating group) is 1. The average molecular weight is 467 g/mol. The van der Waals surface area contributed by atoms with Crippen molar-refractivity contribution in [3.05, 3.63) is 51.8 Å². The van der Waals surface area contributed by atoms with Crippen LogP contribution in [0, 0.1) is 13.8 Å². The number of aromatic nitrogens is 1. The summed E-state index contributed by atoms with van der Waals surface area (Å²) in [6.45, 7) is 12.9. The van der Waals surface area contributed by atoms with Crippen LogP contribution in [0.1, 0.15) is 59.2 Å². The number of amides is 2. The smallest absolute Gasteiger partial charge is 0.302 e. The molecule has 3 N–H and O–H groups in total. The van der Waals surface area contributed by atoms with Crippen molar-refractivity contribution in [3.63, 3.8) is 0 Å². The molecular formula is C26H34N4O4. The molecule has 1 aromatic heterocycles. The van der Waals surface area contributed by atoms with Crippen LogP contribution in [0.3, 0.4) is 0 Å². The lowest BCUT2D eigenvalue weighted by atomic mass is 10.0. The molecule has 1 aliphatic heterocycles. The Morgan fingerprint density at radius 3 is 2.59 bits per heavy atom. The Hall–Kier alpha value is -3.39. The molecule has 2 heterocycles. The number of hydrogen-bond donors (Lipinski definition) is 3. The van der Waals surface area contributed by atoms with Crippen LogP contribution in [0.15, 0.2) is 18.2 Å². The lowest BCUT2D eigenvalue weighted by Gasteiger charge is -2.18. The predicted molar refractivity (Wildman–Crippen MR) is 134 cm³/mol. The van der Waals surface area contributed by atoms with Gasteiger partial charge in [0.05, 0.1) is 17.7 Å². The van der Waals surface area contributed by atoms with Crippen LogP contribution in [0.5, 0.6) is 0 Å². The molecule has 0 spiro atoms. The molecule has 0 saturated carbocycles. The molecule has 2 amide bonds. The van der Waals surface area contributed by atoms with Crippen LogP contribution in [0.2, 0.25) is 0 Å². The first-order valence-electron chi connectivity index (χ1n) is 11.7. The van der Waals surface area contributed by atoms with Crippen molar-refractivity contribution in [2.45, 2.75) is 41.0 Å². The van der Waals surface area contributed by atoms with Gasteiger partial charge in [0.25, 0.3) is 11.8 Å². The number of carbonyl (C=O) groups is 3. The number of hydrogen-bond acceptors (Lipinski definition) is 5. The Labute approximate surface area is 200 Å². The fraction of sp³-hybridized carbons (Fsp3) is 0.423. The Balaban J connectivity index is 1.81. The standard InChI is InChI=1S/C26H34N4O4/c1-6-30(7-2)12-11-27-26(33)24-16(3)23(28-17(24)4)15-21-20-14-19(10-13-34-18(5)31)8-9-22(20)29-25(21)32/h8-9,14-15,28H,6-7,10-13H2,1-5H3,(H,27,33)(H,29,32)/b21-15-. The molecule has 1 aliphatic rings. The van der Waals surface area contributed by atoms with Crippen molar-refractivity contribution in [1.82, 2.24) is 15.2 Å². The molecule has 182 valence electrons. The maximum Gasteiger partial charge on any atom is 0.302 e. The number of nitrogens with zero attached hydrogens (tertiary/aromatic N) is 1. The molecule has 3 rings (SSSR count). The first-order chi connectivity index (χ1) is 16.2. The van der Waals surface area contributed by atoms with E-state index in [1.807, 2.05) is 32.0 Å². The van der Waals surface area contributed by atoms with Gasteiger partial charge in [0.1, 0.15) is 0 Å². The summed E-state index contributed by atoms with van der Waals surface area (Å²) in [6.07, 6.45) is 2.36. The molecule has 34 heavy (non-hydrogen) atoms. The molecule has 8 nitrogen and oxygen atoms in total. The molecule has 8 heteroatoms. The van der Waals surface area contributed by atoms with Crippen LogP contribution in [-0.4, -0.2) is 60.5 Å². The summed E-state index contributed by atoms with van der Waals surface area (Å²) >= 11 is 0. The minimum atomic E-state index is -0.316. The number of benzene rings is 1. The van der Waals surface area contributed by atoms with E-state index in [-0.39, 0.29) is 24.4 Å². The Bertz CT molecular complexity index is 1110. The fourth-order valence-electron chi connectivity index (χ4n) is 4.21. The molecule has 0 bridgehead atoms. The topological polar surface area (TPSA) is 104 Å². The molecule has 0 radical (unpaired) electrons. The van der Waals surface area contributed by atoms with Gasteiger partial charge in [-0.2, -0.15) is 0 Å². The monoisotopic (exact) mass is 466 g/mol. The van der Waals surface area contributed by atoms with E-state index >= 15 is 0 Å². The van der Waals surface area contributed by atoms with Gasteiger partial charge in [0.15, 0.2) is 0 Å². The minimum absolute atomic E-state index is 0.118. The number of fused-ring (bicyclic) bond motifs is 1. The van der Waals surface area contributed by atoms with E-state index < -0.39 is 0 Å². The molecule has 1 aromatic carbocycles. The molecular weight excluding hydrogens is 432 g/mol. The van der Waals surface area contributed by atoms with Gasteiger partial charge in [0, 0.05) is 49.1 Å². The second-order valence-electron chi connectivity index (χ2n) is 8.43. The van der Waals surface area contributed by atoms with Gasteiger partial charge < -0.3 is 25.3 Å². The summed E-state index contributed by atoms with van der Waals surface area (Å²) in [5.41, 5.74) is 5.94. The second kappa shape index (κ2) is 11.2. The molecule has 0 unspecified atom stereocenters. The lowest BCUT2D eigenvalue weighted by molar-refractivity contribution is -0.140. The number of H-pyrrole nitrogens is 1. The van der Waals surface area contributed by atoms with E-state index in [0.717, 1.165) is 53.4 Å². The zero-order valence-corrected chi connectivity index (χ0v) is 20.6. The number of aryl methyl sites for hydroxylation is 1. The van der Waals surface area contributed by atoms with Crippen molar-refractivity contribution < 1.29 is 19.1 Å². The van der Waals surface area contributed by atoms with Gasteiger partial charge in [-0.3, -0.25) is 14.4 Å². The molecule has 2 aromatic rings. The Morgan fingerprint density at radius 1 is 1.18 bits per heavy atom. The number of aromatic amines is 1. The predicted octanol–water partition coefficient (Wildman–Crippen LogP) is 3.30. The lowest BCUT2D eigenvalue weighted by Crippen LogP contribution is -2.35. The van der Waals surface area contributed by atoms with E-state index in [1.54, 1.807) is 6.08 Å². The summed E-state index contributed by atoms with van der Waals surface area (Å²) in [7, 11) is 0. The number of rotatable bonds is 10. The molecule has 0 fully saturated rings. The third kappa shape index (κ3) is 5.75. The van der Waals surface area contributed by atoms with Crippen molar-refractivity contribution >= 4 is 35.1 Å². The highest BCUT2D eigenvalue weighted by Gasteiger charge is 2.26. The number of nitrogens with one attached hydrogen (secondary N) is 3. The highest BCUT2D eigenvalue weighted by molar-refractivity contribution is 6.35. The number of esters is 1. The fourth-order valence-corrected chi connectivity index (χ4v) is 4.21. The summed E-state index contributed by atoms with van der Waals surface area (Å²) < 4.78 is 5.03. The van der Waals surface area contributed by atoms with E-state index in [1.165, 1.54) is 6.92 Å². The number of ether oxygens (including phenoxy) is 1. The van der Waals surface area contributed by atoms with Gasteiger partial charge in [-0.05, 0) is 56.3 Å². The van der Waals surface area contributed by atoms with E-state index in [9.17, 15) is 14.4 Å². The normalized spacial score (nSPS) is 13.8. The van der Waals surface area contributed by atoms with Gasteiger partial charge in [-0.15, -0.1) is 0 Å². The quantitative estimate of drug-likeness (QED) is 0.368. The third-order valence-electron chi connectivity index (χ3n) is 6.16. The molecule has 0 saturated heterocycles. The van der Waals surface area contributed by atoms with Crippen LogP contribution < -0.4 is 10.6 Å². The summed E-state index contributed by atoms with van der Waals surface area (Å²) in [4.78, 5) is 42.1. The maximum absolute atomic E-state index is 12.9. The highest BCUT2D eigenvalue weighted by Crippen LogP contribution is 2.34. The van der Waals surface area contributed by atoms with E-state index in [2.05, 4.69) is 34.4 Å². The Morgan fingerprint density at radius 2 is 1.91 bits per heavy atom. The van der Waals surface area contributed by atoms with E-state index in [0.29, 0.717) is 24.1 Å². The maximum atomic E-state index is 12.9. The van der Waals surface area contributed by atoms with Crippen molar-refractivity contribution in [3.8, 4) is 0 Å². The van der Waals surface area contributed by atoms with E-state index in [4.69, 9.17) is 4.74 Å². The molecule has 0 atom stereocenters. The minimum Gasteiger partial charge on any atom is -0.466 e. The zero-order chi connectivity index (χ0) is 24.8. The van der Waals surface area contributed by atoms with Gasteiger partial charge in [-0.25, -0.2) is 0 Å².